The summed E-state index contributed by atoms with van der Waals surface area (Å²) in [6, 6.07) is 11.6. The molecule has 13 N–H and O–H groups in total. The van der Waals surface area contributed by atoms with E-state index in [9.17, 15) is 27.9 Å². The lowest BCUT2D eigenvalue weighted by Gasteiger charge is -2.47. The van der Waals surface area contributed by atoms with E-state index < -0.39 is 63.0 Å². The second kappa shape index (κ2) is 23.9. The monoisotopic (exact) mass is 857 g/mol. The highest BCUT2D eigenvalue weighted by Gasteiger charge is 2.59. The van der Waals surface area contributed by atoms with E-state index in [4.69, 9.17) is 11.5 Å². The summed E-state index contributed by atoms with van der Waals surface area (Å²) >= 11 is 0. The van der Waals surface area contributed by atoms with E-state index in [0.717, 1.165) is 42.6 Å². The number of sulfone groups is 1. The van der Waals surface area contributed by atoms with Crippen molar-refractivity contribution in [3.8, 4) is 0 Å². The first-order valence-corrected chi connectivity index (χ1v) is 21.1. The van der Waals surface area contributed by atoms with Crippen LogP contribution in [0.15, 0.2) is 53.4 Å². The Bertz CT molecular complexity index is 1740. The number of carbonyl (C=O) groups excluding carboxylic acids is 4. The Hall–Kier alpha value is -3.48. The van der Waals surface area contributed by atoms with Gasteiger partial charge in [-0.15, -0.1) is 12.4 Å². The molecule has 0 spiro atoms. The van der Waals surface area contributed by atoms with Crippen LogP contribution in [0.2, 0.25) is 0 Å². The van der Waals surface area contributed by atoms with Gasteiger partial charge in [-0.3, -0.25) is 24.1 Å². The SMILES string of the molecule is CC(=O)N(C(=O)[C@@H](N)Cc1ccccc1)[C@](CC(C)C)(C(=O)N[C@@H](CC1CCCCC1)[C@@H](O)CC(=O)NCC(C)C)C1CS(=O)(=O)c2ccc(CN)cc21.Cl.O.O.O. The zero-order valence-electron chi connectivity index (χ0n) is 34.5. The number of halogens is 1. The fraction of sp³-hybridized carbons (Fsp3) is 0.610. The van der Waals surface area contributed by atoms with Crippen molar-refractivity contribution >= 4 is 45.9 Å². The summed E-state index contributed by atoms with van der Waals surface area (Å²) in [5.41, 5.74) is 12.2. The molecule has 5 atom stereocenters. The third-order valence-electron chi connectivity index (χ3n) is 10.8. The fourth-order valence-corrected chi connectivity index (χ4v) is 10.2. The zero-order valence-corrected chi connectivity index (χ0v) is 36.1. The van der Waals surface area contributed by atoms with Crippen LogP contribution in [0.4, 0.5) is 0 Å². The van der Waals surface area contributed by atoms with Gasteiger partial charge in [-0.05, 0) is 59.8 Å². The summed E-state index contributed by atoms with van der Waals surface area (Å²) < 4.78 is 27.8. The third-order valence-corrected chi connectivity index (χ3v) is 12.7. The minimum atomic E-state index is -3.99. The number of aliphatic hydroxyl groups excluding tert-OH is 1. The Kier molecular flexibility index (Phi) is 22.5. The van der Waals surface area contributed by atoms with Gasteiger partial charge in [0.15, 0.2) is 9.84 Å². The van der Waals surface area contributed by atoms with Crippen LogP contribution in [0.1, 0.15) is 109 Å². The van der Waals surface area contributed by atoms with E-state index in [-0.39, 0.29) is 83.2 Å². The van der Waals surface area contributed by atoms with Gasteiger partial charge in [-0.25, -0.2) is 8.42 Å². The topological polar surface area (TPSA) is 296 Å². The van der Waals surface area contributed by atoms with Crippen LogP contribution >= 0.6 is 12.4 Å². The van der Waals surface area contributed by atoms with E-state index in [2.05, 4.69) is 10.6 Å². The van der Waals surface area contributed by atoms with Gasteiger partial charge in [0, 0.05) is 25.9 Å². The molecule has 1 unspecified atom stereocenters. The van der Waals surface area contributed by atoms with Crippen LogP contribution in [-0.4, -0.2) is 94.5 Å². The molecular formula is C41H68ClN5O10S. The first-order chi connectivity index (χ1) is 25.5. The van der Waals surface area contributed by atoms with Crippen LogP contribution in [0.3, 0.4) is 0 Å². The van der Waals surface area contributed by atoms with Gasteiger partial charge in [0.2, 0.25) is 23.6 Å². The van der Waals surface area contributed by atoms with E-state index in [1.807, 2.05) is 58.0 Å². The standard InChI is InChI=1S/C41H61N5O7S.ClH.3H2O/c1-26(2)22-41(33-25-54(52,53)37-17-16-31(23-42)18-32(33)37,46(28(5)47)39(50)34(43)19-29-12-8-6-9-13-29)40(51)45-35(20-30-14-10-7-11-15-30)36(48)21-38(49)44-24-27(3)4;;;;/h6,8-9,12-13,16-18,26-27,30,33-36,48H,7,10-11,14-15,19-25,42-43H2,1-5H3,(H,44,49)(H,45,51);1H;3*1H2/t33?,34-,35-,36-,41-;;;;/m0..../s1. The molecule has 4 amide bonds. The summed E-state index contributed by atoms with van der Waals surface area (Å²) in [5.74, 6) is -4.46. The van der Waals surface area contributed by atoms with Gasteiger partial charge in [0.25, 0.3) is 0 Å². The number of hydrogen-bond donors (Lipinski definition) is 5. The molecule has 15 nitrogen and oxygen atoms in total. The highest BCUT2D eigenvalue weighted by molar-refractivity contribution is 7.91. The van der Waals surface area contributed by atoms with Crippen molar-refractivity contribution < 1.29 is 49.1 Å². The number of nitrogens with one attached hydrogen (secondary N) is 2. The van der Waals surface area contributed by atoms with E-state index in [1.54, 1.807) is 12.1 Å². The molecule has 0 saturated heterocycles. The maximum atomic E-state index is 15.5. The van der Waals surface area contributed by atoms with Crippen LogP contribution in [0.25, 0.3) is 0 Å². The summed E-state index contributed by atoms with van der Waals surface area (Å²) in [6.45, 7) is 9.29. The van der Waals surface area contributed by atoms with Crippen molar-refractivity contribution in [1.82, 2.24) is 15.5 Å². The number of imide groups is 1. The van der Waals surface area contributed by atoms with Crippen molar-refractivity contribution in [2.45, 2.75) is 133 Å². The van der Waals surface area contributed by atoms with Crippen LogP contribution in [0, 0.1) is 17.8 Å². The number of aliphatic hydroxyl groups is 1. The number of rotatable bonds is 17. The van der Waals surface area contributed by atoms with Gasteiger partial charge in [-0.1, -0.05) is 102 Å². The first-order valence-electron chi connectivity index (χ1n) is 19.5. The molecule has 1 heterocycles. The van der Waals surface area contributed by atoms with E-state index in [1.165, 1.54) is 13.0 Å². The Morgan fingerprint density at radius 3 is 2.10 bits per heavy atom. The highest BCUT2D eigenvalue weighted by atomic mass is 35.5. The average molecular weight is 859 g/mol. The van der Waals surface area contributed by atoms with Crippen molar-refractivity contribution in [3.05, 3.63) is 65.2 Å². The minimum absolute atomic E-state index is 0. The lowest BCUT2D eigenvalue weighted by Crippen LogP contribution is -2.69. The molecule has 4 rings (SSSR count). The summed E-state index contributed by atoms with van der Waals surface area (Å²) in [5, 5.41) is 17.6. The predicted octanol–water partition coefficient (Wildman–Crippen LogP) is 1.67. The van der Waals surface area contributed by atoms with Crippen molar-refractivity contribution in [3.63, 3.8) is 0 Å². The predicted molar refractivity (Wildman–Crippen MR) is 227 cm³/mol. The van der Waals surface area contributed by atoms with Gasteiger partial charge in [0.1, 0.15) is 5.54 Å². The summed E-state index contributed by atoms with van der Waals surface area (Å²) in [4.78, 5) is 58.2. The molecule has 2 aromatic rings. The summed E-state index contributed by atoms with van der Waals surface area (Å²) in [7, 11) is -3.99. The average Bonchev–Trinajstić information content (AvgIpc) is 3.40. The number of amides is 4. The molecule has 0 aromatic heterocycles. The van der Waals surface area contributed by atoms with E-state index >= 15 is 4.79 Å². The number of benzene rings is 2. The summed E-state index contributed by atoms with van der Waals surface area (Å²) in [6.07, 6.45) is 3.61. The number of carbonyl (C=O) groups is 4. The Labute approximate surface area is 349 Å². The molecule has 0 radical (unpaired) electrons. The molecule has 0 bridgehead atoms. The number of nitrogens with zero attached hydrogens (tertiary/aromatic N) is 1. The molecule has 330 valence electrons. The molecule has 1 aliphatic carbocycles. The smallest absolute Gasteiger partial charge is 0.247 e. The van der Waals surface area contributed by atoms with Gasteiger partial charge in [0.05, 0.1) is 35.3 Å². The minimum Gasteiger partial charge on any atom is -0.412 e. The maximum Gasteiger partial charge on any atom is 0.247 e. The van der Waals surface area contributed by atoms with Gasteiger partial charge < -0.3 is 43.6 Å². The molecule has 1 fully saturated rings. The Morgan fingerprint density at radius 1 is 0.931 bits per heavy atom. The van der Waals surface area contributed by atoms with Crippen molar-refractivity contribution in [2.24, 2.45) is 29.2 Å². The first kappa shape index (κ1) is 54.5. The van der Waals surface area contributed by atoms with Gasteiger partial charge in [-0.2, -0.15) is 0 Å². The number of nitrogens with two attached hydrogens (primary N) is 2. The van der Waals surface area contributed by atoms with Crippen molar-refractivity contribution in [2.75, 3.05) is 12.3 Å². The quantitative estimate of drug-likeness (QED) is 0.154. The molecular weight excluding hydrogens is 790 g/mol. The Morgan fingerprint density at radius 2 is 1.55 bits per heavy atom. The molecule has 1 aliphatic heterocycles. The second-order valence-corrected chi connectivity index (χ2v) is 18.2. The van der Waals surface area contributed by atoms with Crippen molar-refractivity contribution in [1.29, 1.82) is 0 Å². The molecule has 2 aromatic carbocycles. The lowest BCUT2D eigenvalue weighted by atomic mass is 9.72. The third kappa shape index (κ3) is 13.3. The second-order valence-electron chi connectivity index (χ2n) is 16.2. The molecule has 58 heavy (non-hydrogen) atoms. The Balaban J connectivity index is 0.00000812. The van der Waals surface area contributed by atoms with Crippen LogP contribution in [0.5, 0.6) is 0 Å². The normalized spacial score (nSPS) is 18.3. The van der Waals surface area contributed by atoms with Crippen LogP contribution < -0.4 is 22.1 Å². The fourth-order valence-electron chi connectivity index (χ4n) is 8.30. The molecule has 2 aliphatic rings. The maximum absolute atomic E-state index is 15.5. The van der Waals surface area contributed by atoms with E-state index in [0.29, 0.717) is 24.1 Å². The van der Waals surface area contributed by atoms with Crippen LogP contribution in [-0.2, 0) is 42.0 Å². The highest BCUT2D eigenvalue weighted by Crippen LogP contribution is 2.48. The number of hydrogen-bond acceptors (Lipinski definition) is 9. The van der Waals surface area contributed by atoms with Gasteiger partial charge >= 0.3 is 0 Å². The largest absolute Gasteiger partial charge is 0.412 e. The molecule has 1 saturated carbocycles. The number of fused-ring (bicyclic) bond motifs is 1. The zero-order chi connectivity index (χ0) is 39.8. The molecule has 17 heteroatoms. The lowest BCUT2D eigenvalue weighted by molar-refractivity contribution is -0.162.